The van der Waals surface area contributed by atoms with Crippen molar-refractivity contribution in [1.82, 2.24) is 9.97 Å². The average molecular weight is 305 g/mol. The lowest BCUT2D eigenvalue weighted by atomic mass is 10.1. The lowest BCUT2D eigenvalue weighted by Gasteiger charge is -2.11. The minimum absolute atomic E-state index is 0.337. The molecular formula is C12H8F5N3O. The maximum atomic E-state index is 13.7. The van der Waals surface area contributed by atoms with Crippen LogP contribution in [-0.2, 0) is 12.8 Å². The van der Waals surface area contributed by atoms with Gasteiger partial charge < -0.3 is 10.5 Å². The van der Waals surface area contributed by atoms with Gasteiger partial charge in [0.1, 0.15) is 12.4 Å². The van der Waals surface area contributed by atoms with E-state index >= 15 is 0 Å². The summed E-state index contributed by atoms with van der Waals surface area (Å²) in [5, 5.41) is 0. The van der Waals surface area contributed by atoms with E-state index < -0.39 is 35.8 Å². The molecule has 112 valence electrons. The van der Waals surface area contributed by atoms with Gasteiger partial charge in [-0.15, -0.1) is 0 Å². The van der Waals surface area contributed by atoms with E-state index in [1.807, 2.05) is 0 Å². The van der Waals surface area contributed by atoms with Crippen LogP contribution in [0, 0.1) is 11.6 Å². The molecule has 0 radical (unpaired) electrons. The number of alkyl halides is 3. The number of nitrogens with two attached hydrogens (primary N) is 1. The van der Waals surface area contributed by atoms with Gasteiger partial charge >= 0.3 is 12.2 Å². The topological polar surface area (TPSA) is 61.0 Å². The Kier molecular flexibility index (Phi) is 3.92. The van der Waals surface area contributed by atoms with Gasteiger partial charge in [0.25, 0.3) is 0 Å². The van der Waals surface area contributed by atoms with Crippen LogP contribution in [0.25, 0.3) is 0 Å². The quantitative estimate of drug-likeness (QED) is 0.886. The number of hydrogen-bond donors (Lipinski definition) is 1. The van der Waals surface area contributed by atoms with Crippen molar-refractivity contribution in [2.24, 2.45) is 0 Å². The van der Waals surface area contributed by atoms with E-state index in [0.717, 1.165) is 18.3 Å². The number of rotatable bonds is 3. The second-order valence-corrected chi connectivity index (χ2v) is 3.95. The molecule has 1 aromatic carbocycles. The first-order valence-electron chi connectivity index (χ1n) is 5.54. The minimum Gasteiger partial charge on any atom is -0.458 e. The smallest absolute Gasteiger partial charge is 0.419 e. The summed E-state index contributed by atoms with van der Waals surface area (Å²) in [7, 11) is 0. The molecule has 0 aliphatic carbocycles. The Hall–Kier alpha value is -2.45. The molecule has 1 aromatic heterocycles. The van der Waals surface area contributed by atoms with Crippen molar-refractivity contribution in [2.45, 2.75) is 12.8 Å². The summed E-state index contributed by atoms with van der Waals surface area (Å²) in [6, 6.07) is 2.42. The van der Waals surface area contributed by atoms with E-state index in [9.17, 15) is 22.0 Å². The largest absolute Gasteiger partial charge is 0.458 e. The Labute approximate surface area is 115 Å². The molecule has 0 spiro atoms. The Morgan fingerprint density at radius 2 is 1.90 bits per heavy atom. The predicted octanol–water partition coefficient (Wildman–Crippen LogP) is 2.93. The first-order valence-corrected chi connectivity index (χ1v) is 5.54. The highest BCUT2D eigenvalue weighted by Gasteiger charge is 2.34. The first-order chi connectivity index (χ1) is 9.79. The van der Waals surface area contributed by atoms with Crippen molar-refractivity contribution < 1.29 is 26.7 Å². The van der Waals surface area contributed by atoms with Crippen LogP contribution >= 0.6 is 0 Å². The third-order valence-corrected chi connectivity index (χ3v) is 2.49. The molecule has 0 saturated heterocycles. The van der Waals surface area contributed by atoms with Gasteiger partial charge in [-0.1, -0.05) is 12.1 Å². The summed E-state index contributed by atoms with van der Waals surface area (Å²) in [5.41, 5.74) is 3.44. The minimum atomic E-state index is -4.81. The number of anilines is 1. The van der Waals surface area contributed by atoms with Crippen molar-refractivity contribution in [3.63, 3.8) is 0 Å². The van der Waals surface area contributed by atoms with Gasteiger partial charge in [-0.05, 0) is 6.07 Å². The highest BCUT2D eigenvalue weighted by atomic mass is 19.4. The number of hydrogen-bond acceptors (Lipinski definition) is 4. The molecule has 0 unspecified atom stereocenters. The third kappa shape index (κ3) is 3.36. The average Bonchev–Trinajstić information content (AvgIpc) is 2.40. The van der Waals surface area contributed by atoms with Crippen LogP contribution in [-0.4, -0.2) is 9.97 Å². The highest BCUT2D eigenvalue weighted by Crippen LogP contribution is 2.32. The molecule has 0 atom stereocenters. The summed E-state index contributed by atoms with van der Waals surface area (Å²) in [6.45, 7) is -0.555. The molecule has 0 amide bonds. The van der Waals surface area contributed by atoms with E-state index in [-0.39, 0.29) is 11.6 Å². The van der Waals surface area contributed by atoms with E-state index in [2.05, 4.69) is 9.97 Å². The van der Waals surface area contributed by atoms with Gasteiger partial charge in [0.15, 0.2) is 11.6 Å². The maximum Gasteiger partial charge on any atom is 0.419 e. The summed E-state index contributed by atoms with van der Waals surface area (Å²) in [4.78, 5) is 6.84. The number of aromatic nitrogens is 2. The Morgan fingerprint density at radius 3 is 2.52 bits per heavy atom. The van der Waals surface area contributed by atoms with Crippen LogP contribution in [0.2, 0.25) is 0 Å². The Morgan fingerprint density at radius 1 is 1.19 bits per heavy atom. The molecule has 4 nitrogen and oxygen atoms in total. The number of nitrogens with zero attached hydrogens (tertiary/aromatic N) is 2. The van der Waals surface area contributed by atoms with Crippen molar-refractivity contribution in [2.75, 3.05) is 5.73 Å². The third-order valence-electron chi connectivity index (χ3n) is 2.49. The van der Waals surface area contributed by atoms with E-state index in [1.165, 1.54) is 0 Å². The van der Waals surface area contributed by atoms with Gasteiger partial charge in [0, 0.05) is 5.56 Å². The second kappa shape index (κ2) is 5.51. The Balaban J connectivity index is 2.19. The van der Waals surface area contributed by atoms with Crippen LogP contribution in [0.15, 0.2) is 24.4 Å². The second-order valence-electron chi connectivity index (χ2n) is 3.95. The van der Waals surface area contributed by atoms with Gasteiger partial charge in [-0.25, -0.2) is 13.8 Å². The monoisotopic (exact) mass is 305 g/mol. The van der Waals surface area contributed by atoms with Gasteiger partial charge in [0.05, 0.1) is 11.8 Å². The van der Waals surface area contributed by atoms with Crippen molar-refractivity contribution in [3.05, 3.63) is 47.2 Å². The highest BCUT2D eigenvalue weighted by molar-refractivity contribution is 5.30. The molecule has 2 N–H and O–H groups in total. The van der Waals surface area contributed by atoms with Crippen molar-refractivity contribution in [3.8, 4) is 6.01 Å². The van der Waals surface area contributed by atoms with Gasteiger partial charge in [0.2, 0.25) is 0 Å². The summed E-state index contributed by atoms with van der Waals surface area (Å²) < 4.78 is 69.0. The van der Waals surface area contributed by atoms with Crippen LogP contribution < -0.4 is 10.5 Å². The first kappa shape index (κ1) is 14.9. The molecule has 0 aliphatic heterocycles. The lowest BCUT2D eigenvalue weighted by Crippen LogP contribution is -2.11. The predicted molar refractivity (Wildman–Crippen MR) is 62.1 cm³/mol. The molecular weight excluding hydrogens is 297 g/mol. The summed E-state index contributed by atoms with van der Waals surface area (Å²) in [6.07, 6.45) is -4.07. The number of ether oxygens (including phenoxy) is 1. The molecule has 0 fully saturated rings. The zero-order chi connectivity index (χ0) is 15.6. The summed E-state index contributed by atoms with van der Waals surface area (Å²) >= 11 is 0. The number of nitrogen functional groups attached to an aromatic ring is 1. The van der Waals surface area contributed by atoms with Crippen LogP contribution in [0.5, 0.6) is 6.01 Å². The fraction of sp³-hybridized carbons (Fsp3) is 0.167. The molecule has 2 aromatic rings. The summed E-state index contributed by atoms with van der Waals surface area (Å²) in [5.74, 6) is -2.79. The normalized spacial score (nSPS) is 11.5. The molecule has 1 heterocycles. The Bertz CT molecular complexity index is 660. The SMILES string of the molecule is Nc1nc(OCc2cccc(C(F)(F)F)c2F)ncc1F. The zero-order valence-corrected chi connectivity index (χ0v) is 10.3. The molecule has 9 heteroatoms. The molecule has 0 saturated carbocycles. The van der Waals surface area contributed by atoms with Gasteiger partial charge in [-0.3, -0.25) is 0 Å². The zero-order valence-electron chi connectivity index (χ0n) is 10.3. The number of halogens is 5. The fourth-order valence-corrected chi connectivity index (χ4v) is 1.49. The standard InChI is InChI=1S/C12H8F5N3O/c13-8-4-19-11(20-10(8)18)21-5-6-2-1-3-7(9(6)14)12(15,16)17/h1-4H,5H2,(H2,18,19,20). The van der Waals surface area contributed by atoms with Crippen LogP contribution in [0.4, 0.5) is 27.8 Å². The van der Waals surface area contributed by atoms with Crippen LogP contribution in [0.1, 0.15) is 11.1 Å². The molecule has 0 bridgehead atoms. The molecule has 21 heavy (non-hydrogen) atoms. The van der Waals surface area contributed by atoms with Crippen LogP contribution in [0.3, 0.4) is 0 Å². The molecule has 0 aliphatic rings. The fourth-order valence-electron chi connectivity index (χ4n) is 1.49. The van der Waals surface area contributed by atoms with Crippen molar-refractivity contribution in [1.29, 1.82) is 0 Å². The van der Waals surface area contributed by atoms with E-state index in [0.29, 0.717) is 6.07 Å². The van der Waals surface area contributed by atoms with E-state index in [4.69, 9.17) is 10.5 Å². The van der Waals surface area contributed by atoms with E-state index in [1.54, 1.807) is 0 Å². The lowest BCUT2D eigenvalue weighted by molar-refractivity contribution is -0.140. The van der Waals surface area contributed by atoms with Gasteiger partial charge in [-0.2, -0.15) is 18.2 Å². The maximum absolute atomic E-state index is 13.7. The van der Waals surface area contributed by atoms with Crippen molar-refractivity contribution >= 4 is 5.82 Å². The number of benzene rings is 1. The molecule has 2 rings (SSSR count).